The number of benzene rings is 1. The first-order chi connectivity index (χ1) is 9.78. The largest absolute Gasteiger partial charge is 0.497 e. The highest BCUT2D eigenvalue weighted by molar-refractivity contribution is 7.98. The average Bonchev–Trinajstić information content (AvgIpc) is 3.10. The van der Waals surface area contributed by atoms with Crippen LogP contribution < -0.4 is 16.0 Å². The van der Waals surface area contributed by atoms with Gasteiger partial charge in [0.25, 0.3) is 0 Å². The minimum atomic E-state index is 0.606. The van der Waals surface area contributed by atoms with Crippen LogP contribution in [-0.2, 0) is 5.75 Å². The van der Waals surface area contributed by atoms with Crippen LogP contribution in [0.25, 0.3) is 11.0 Å². The summed E-state index contributed by atoms with van der Waals surface area (Å²) in [6.07, 6.45) is 0. The van der Waals surface area contributed by atoms with Gasteiger partial charge >= 0.3 is 0 Å². The van der Waals surface area contributed by atoms with E-state index in [-0.39, 0.29) is 0 Å². The number of aromatic amines is 1. The highest BCUT2D eigenvalue weighted by atomic mass is 32.2. The number of H-pyrrole nitrogens is 1. The van der Waals surface area contributed by atoms with Crippen LogP contribution in [0.5, 0.6) is 5.75 Å². The Labute approximate surface area is 122 Å². The van der Waals surface area contributed by atoms with Crippen molar-refractivity contribution in [2.75, 3.05) is 12.5 Å². The number of hydrazine groups is 1. The molecule has 0 unspecified atom stereocenters. The first kappa shape index (κ1) is 13.2. The molecule has 7 nitrogen and oxygen atoms in total. The van der Waals surface area contributed by atoms with Crippen LogP contribution in [-0.4, -0.2) is 27.3 Å². The lowest BCUT2D eigenvalue weighted by molar-refractivity contribution is 0.415. The van der Waals surface area contributed by atoms with Gasteiger partial charge in [-0.3, -0.25) is 5.43 Å². The molecule has 0 fully saturated rings. The average molecular weight is 308 g/mol. The highest BCUT2D eigenvalue weighted by Gasteiger charge is 2.07. The number of aromatic nitrogens is 4. The summed E-state index contributed by atoms with van der Waals surface area (Å²) in [7, 11) is 1.64. The summed E-state index contributed by atoms with van der Waals surface area (Å²) in [6.45, 7) is 0. The van der Waals surface area contributed by atoms with Gasteiger partial charge in [0.1, 0.15) is 10.8 Å². The Hall–Kier alpha value is -1.84. The molecule has 0 spiro atoms. The molecule has 3 rings (SSSR count). The number of methoxy groups -OCH3 is 1. The molecule has 0 amide bonds. The van der Waals surface area contributed by atoms with Crippen LogP contribution in [0.1, 0.15) is 5.01 Å². The maximum Gasteiger partial charge on any atom is 0.219 e. The molecule has 3 aromatic rings. The van der Waals surface area contributed by atoms with Crippen molar-refractivity contribution in [1.82, 2.24) is 20.2 Å². The Balaban J connectivity index is 1.73. The zero-order valence-electron chi connectivity index (χ0n) is 10.6. The van der Waals surface area contributed by atoms with Crippen LogP contribution in [0, 0.1) is 0 Å². The lowest BCUT2D eigenvalue weighted by Crippen LogP contribution is -2.05. The van der Waals surface area contributed by atoms with Gasteiger partial charge in [-0.2, -0.15) is 0 Å². The fourth-order valence-electron chi connectivity index (χ4n) is 1.66. The molecule has 0 atom stereocenters. The number of hydrogen-bond acceptors (Lipinski definition) is 8. The van der Waals surface area contributed by atoms with Crippen molar-refractivity contribution in [3.8, 4) is 5.75 Å². The zero-order chi connectivity index (χ0) is 13.9. The fraction of sp³-hybridized carbons (Fsp3) is 0.182. The molecule has 0 aliphatic carbocycles. The molecule has 0 saturated heterocycles. The molecule has 2 aromatic heterocycles. The van der Waals surface area contributed by atoms with Gasteiger partial charge in [0.2, 0.25) is 5.13 Å². The van der Waals surface area contributed by atoms with Gasteiger partial charge in [-0.05, 0) is 12.1 Å². The third-order valence-electron chi connectivity index (χ3n) is 2.59. The molecule has 104 valence electrons. The van der Waals surface area contributed by atoms with Gasteiger partial charge in [0.05, 0.1) is 23.9 Å². The molecule has 0 aliphatic heterocycles. The number of imidazole rings is 1. The molecule has 20 heavy (non-hydrogen) atoms. The second kappa shape index (κ2) is 5.65. The van der Waals surface area contributed by atoms with E-state index in [1.807, 2.05) is 18.2 Å². The van der Waals surface area contributed by atoms with E-state index in [1.165, 1.54) is 11.3 Å². The van der Waals surface area contributed by atoms with E-state index >= 15 is 0 Å². The van der Waals surface area contributed by atoms with Crippen molar-refractivity contribution >= 4 is 39.3 Å². The van der Waals surface area contributed by atoms with Crippen molar-refractivity contribution < 1.29 is 4.74 Å². The number of anilines is 1. The number of thioether (sulfide) groups is 1. The molecule has 0 radical (unpaired) electrons. The van der Waals surface area contributed by atoms with Crippen LogP contribution in [0.15, 0.2) is 23.4 Å². The molecule has 9 heteroatoms. The Morgan fingerprint density at radius 2 is 2.35 bits per heavy atom. The van der Waals surface area contributed by atoms with Gasteiger partial charge in [0, 0.05) is 6.07 Å². The summed E-state index contributed by atoms with van der Waals surface area (Å²) in [6, 6.07) is 5.74. The van der Waals surface area contributed by atoms with Gasteiger partial charge in [-0.15, -0.1) is 10.2 Å². The van der Waals surface area contributed by atoms with Crippen LogP contribution in [0.4, 0.5) is 5.13 Å². The number of nitrogens with two attached hydrogens (primary N) is 1. The van der Waals surface area contributed by atoms with E-state index in [4.69, 9.17) is 10.6 Å². The molecular weight excluding hydrogens is 296 g/mol. The Morgan fingerprint density at radius 1 is 1.45 bits per heavy atom. The van der Waals surface area contributed by atoms with E-state index < -0.39 is 0 Å². The van der Waals surface area contributed by atoms with E-state index in [9.17, 15) is 0 Å². The highest BCUT2D eigenvalue weighted by Crippen LogP contribution is 2.26. The molecule has 0 saturated carbocycles. The molecule has 4 N–H and O–H groups in total. The summed E-state index contributed by atoms with van der Waals surface area (Å²) in [4.78, 5) is 7.75. The van der Waals surface area contributed by atoms with E-state index in [1.54, 1.807) is 18.9 Å². The number of ether oxygens (including phenoxy) is 1. The van der Waals surface area contributed by atoms with Crippen LogP contribution >= 0.6 is 23.1 Å². The van der Waals surface area contributed by atoms with Gasteiger partial charge in [-0.25, -0.2) is 10.8 Å². The van der Waals surface area contributed by atoms with Crippen molar-refractivity contribution in [3.05, 3.63) is 23.2 Å². The number of nitrogen functional groups attached to an aromatic ring is 1. The van der Waals surface area contributed by atoms with Crippen molar-refractivity contribution in [1.29, 1.82) is 0 Å². The van der Waals surface area contributed by atoms with Gasteiger partial charge < -0.3 is 9.72 Å². The predicted molar refractivity (Wildman–Crippen MR) is 79.9 cm³/mol. The third-order valence-corrected chi connectivity index (χ3v) is 4.51. The smallest absolute Gasteiger partial charge is 0.219 e. The maximum absolute atomic E-state index is 5.27. The van der Waals surface area contributed by atoms with Crippen LogP contribution in [0.2, 0.25) is 0 Å². The first-order valence-corrected chi connectivity index (χ1v) is 7.54. The summed E-state index contributed by atoms with van der Waals surface area (Å²) in [5.74, 6) is 6.77. The van der Waals surface area contributed by atoms with E-state index in [0.717, 1.165) is 26.9 Å². The number of rotatable bonds is 5. The lowest BCUT2D eigenvalue weighted by Gasteiger charge is -1.96. The normalized spacial score (nSPS) is 10.9. The Bertz CT molecular complexity index is 725. The number of fused-ring (bicyclic) bond motifs is 1. The van der Waals surface area contributed by atoms with Crippen molar-refractivity contribution in [3.63, 3.8) is 0 Å². The maximum atomic E-state index is 5.27. The SMILES string of the molecule is COc1ccc2nc(SCc3nnc(NN)s3)[nH]c2c1. The number of nitrogens with zero attached hydrogens (tertiary/aromatic N) is 3. The Morgan fingerprint density at radius 3 is 3.10 bits per heavy atom. The topological polar surface area (TPSA) is 102 Å². The summed E-state index contributed by atoms with van der Waals surface area (Å²) < 4.78 is 5.19. The van der Waals surface area contributed by atoms with Crippen molar-refractivity contribution in [2.45, 2.75) is 10.9 Å². The molecule has 0 bridgehead atoms. The fourth-order valence-corrected chi connectivity index (χ4v) is 3.18. The Kier molecular flexibility index (Phi) is 3.72. The summed E-state index contributed by atoms with van der Waals surface area (Å²) in [5.41, 5.74) is 4.34. The predicted octanol–water partition coefficient (Wildman–Crippen LogP) is 2.00. The number of hydrogen-bond donors (Lipinski definition) is 3. The molecule has 1 aromatic carbocycles. The zero-order valence-corrected chi connectivity index (χ0v) is 12.2. The first-order valence-electron chi connectivity index (χ1n) is 5.74. The van der Waals surface area contributed by atoms with E-state index in [0.29, 0.717) is 10.9 Å². The van der Waals surface area contributed by atoms with Gasteiger partial charge in [-0.1, -0.05) is 23.1 Å². The monoisotopic (exact) mass is 308 g/mol. The second-order valence-corrected chi connectivity index (χ2v) is 5.89. The van der Waals surface area contributed by atoms with Gasteiger partial charge in [0.15, 0.2) is 5.16 Å². The standard InChI is InChI=1S/C11H12N6OS2/c1-18-6-2-3-7-8(4-6)14-10(13-7)19-5-9-16-17-11(15-12)20-9/h2-4H,5,12H2,1H3,(H,13,14)(H,15,17). The third kappa shape index (κ3) is 2.69. The number of nitrogens with one attached hydrogen (secondary N) is 2. The molecule has 2 heterocycles. The quantitative estimate of drug-likeness (QED) is 0.376. The van der Waals surface area contributed by atoms with Crippen molar-refractivity contribution in [2.24, 2.45) is 5.84 Å². The lowest BCUT2D eigenvalue weighted by atomic mass is 10.3. The second-order valence-electron chi connectivity index (χ2n) is 3.86. The molecular formula is C11H12N6OS2. The summed E-state index contributed by atoms with van der Waals surface area (Å²) >= 11 is 2.99. The minimum Gasteiger partial charge on any atom is -0.497 e. The molecule has 0 aliphatic rings. The minimum absolute atomic E-state index is 0.606. The summed E-state index contributed by atoms with van der Waals surface area (Å²) in [5, 5.41) is 10.2. The van der Waals surface area contributed by atoms with Crippen LogP contribution in [0.3, 0.4) is 0 Å². The van der Waals surface area contributed by atoms with E-state index in [2.05, 4.69) is 25.6 Å².